The number of hydrogen-bond acceptors (Lipinski definition) is 4. The molecule has 5 heteroatoms. The highest BCUT2D eigenvalue weighted by atomic mass is 35.5. The molecule has 0 aliphatic heterocycles. The second-order valence-corrected chi connectivity index (χ2v) is 6.31. The third kappa shape index (κ3) is 6.21. The summed E-state index contributed by atoms with van der Waals surface area (Å²) in [5.74, 6) is 0. The first-order valence-corrected chi connectivity index (χ1v) is 7.00. The van der Waals surface area contributed by atoms with Gasteiger partial charge in [-0.25, -0.2) is 0 Å². The minimum absolute atomic E-state index is 0.0234. The lowest BCUT2D eigenvalue weighted by Crippen LogP contribution is -2.28. The Balaban J connectivity index is 2.78. The molecule has 21 heavy (non-hydrogen) atoms. The van der Waals surface area contributed by atoms with Crippen molar-refractivity contribution in [3.05, 3.63) is 46.2 Å². The molecule has 0 amide bonds. The second-order valence-electron chi connectivity index (χ2n) is 5.87. The van der Waals surface area contributed by atoms with Crippen molar-refractivity contribution in [3.63, 3.8) is 0 Å². The molecule has 0 heterocycles. The minimum atomic E-state index is 0.0234. The highest BCUT2D eigenvalue weighted by Crippen LogP contribution is 2.13. The molecular formula is C16H19ClN4. The van der Waals surface area contributed by atoms with E-state index in [9.17, 15) is 10.5 Å². The first-order chi connectivity index (χ1) is 9.85. The number of nitrogens with zero attached hydrogens (tertiary/aromatic N) is 2. The number of rotatable bonds is 5. The van der Waals surface area contributed by atoms with Crippen LogP contribution in [0.15, 0.2) is 35.7 Å². The van der Waals surface area contributed by atoms with Crippen LogP contribution in [0.25, 0.3) is 0 Å². The van der Waals surface area contributed by atoms with Crippen molar-refractivity contribution in [1.82, 2.24) is 10.6 Å². The van der Waals surface area contributed by atoms with E-state index in [1.165, 1.54) is 0 Å². The maximum atomic E-state index is 9.20. The van der Waals surface area contributed by atoms with Crippen LogP contribution in [0.2, 0.25) is 5.02 Å². The molecule has 1 aromatic carbocycles. The number of nitrogens with one attached hydrogen (secondary N) is 2. The van der Waals surface area contributed by atoms with Crippen LogP contribution in [0, 0.1) is 28.1 Å². The van der Waals surface area contributed by atoms with Gasteiger partial charge < -0.3 is 10.6 Å². The molecule has 1 aromatic rings. The van der Waals surface area contributed by atoms with E-state index >= 15 is 0 Å². The van der Waals surface area contributed by atoms with E-state index in [-0.39, 0.29) is 16.8 Å². The molecule has 0 aromatic heterocycles. The molecule has 0 saturated heterocycles. The SMILES string of the molecule is CC(C)(C)CN/C(C#N)=C(\C#N)NCc1cccc(Cl)c1. The molecule has 0 saturated carbocycles. The molecule has 0 aliphatic rings. The van der Waals surface area contributed by atoms with Crippen molar-refractivity contribution in [2.45, 2.75) is 27.3 Å². The van der Waals surface area contributed by atoms with E-state index in [2.05, 4.69) is 31.4 Å². The molecule has 1 rings (SSSR count). The number of halogens is 1. The normalized spacial score (nSPS) is 11.9. The summed E-state index contributed by atoms with van der Waals surface area (Å²) in [5, 5.41) is 25.0. The highest BCUT2D eigenvalue weighted by Gasteiger charge is 2.13. The summed E-state index contributed by atoms with van der Waals surface area (Å²) in [4.78, 5) is 0. The first-order valence-electron chi connectivity index (χ1n) is 6.62. The fourth-order valence-electron chi connectivity index (χ4n) is 1.56. The van der Waals surface area contributed by atoms with Gasteiger partial charge in [-0.3, -0.25) is 0 Å². The summed E-state index contributed by atoms with van der Waals surface area (Å²) in [5.41, 5.74) is 1.47. The van der Waals surface area contributed by atoms with Crippen molar-refractivity contribution in [1.29, 1.82) is 10.5 Å². The van der Waals surface area contributed by atoms with Crippen molar-refractivity contribution in [3.8, 4) is 12.1 Å². The van der Waals surface area contributed by atoms with E-state index < -0.39 is 0 Å². The number of hydrogen-bond donors (Lipinski definition) is 2. The number of nitriles is 2. The molecule has 0 atom stereocenters. The third-order valence-electron chi connectivity index (χ3n) is 2.63. The first kappa shape index (κ1) is 16.9. The predicted molar refractivity (Wildman–Crippen MR) is 84.0 cm³/mol. The molecule has 0 aliphatic carbocycles. The molecule has 0 spiro atoms. The van der Waals surface area contributed by atoms with Crippen LogP contribution in [-0.4, -0.2) is 6.54 Å². The zero-order chi connectivity index (χ0) is 15.9. The smallest absolute Gasteiger partial charge is 0.148 e. The third-order valence-corrected chi connectivity index (χ3v) is 2.86. The Morgan fingerprint density at radius 2 is 1.76 bits per heavy atom. The Labute approximate surface area is 131 Å². The molecule has 0 radical (unpaired) electrons. The van der Waals surface area contributed by atoms with Gasteiger partial charge in [0.2, 0.25) is 0 Å². The minimum Gasteiger partial charge on any atom is -0.374 e. The van der Waals surface area contributed by atoms with E-state index in [0.717, 1.165) is 5.56 Å². The van der Waals surface area contributed by atoms with E-state index in [4.69, 9.17) is 11.6 Å². The fraction of sp³-hybridized carbons (Fsp3) is 0.375. The van der Waals surface area contributed by atoms with E-state index in [1.807, 2.05) is 30.3 Å². The van der Waals surface area contributed by atoms with E-state index in [0.29, 0.717) is 18.1 Å². The molecule has 2 N–H and O–H groups in total. The molecular weight excluding hydrogens is 284 g/mol. The average Bonchev–Trinajstić information content (AvgIpc) is 2.41. The largest absolute Gasteiger partial charge is 0.374 e. The fourth-order valence-corrected chi connectivity index (χ4v) is 1.77. The zero-order valence-electron chi connectivity index (χ0n) is 12.5. The van der Waals surface area contributed by atoms with Gasteiger partial charge in [0.1, 0.15) is 23.5 Å². The maximum Gasteiger partial charge on any atom is 0.148 e. The van der Waals surface area contributed by atoms with Crippen LogP contribution in [-0.2, 0) is 6.54 Å². The van der Waals surface area contributed by atoms with Crippen molar-refractivity contribution < 1.29 is 0 Å². The molecule has 110 valence electrons. The summed E-state index contributed by atoms with van der Waals surface area (Å²) in [7, 11) is 0. The van der Waals surface area contributed by atoms with Gasteiger partial charge in [0, 0.05) is 18.1 Å². The predicted octanol–water partition coefficient (Wildman–Crippen LogP) is 3.32. The summed E-state index contributed by atoms with van der Waals surface area (Å²) in [6, 6.07) is 11.4. The van der Waals surface area contributed by atoms with Gasteiger partial charge in [0.05, 0.1) is 0 Å². The molecule has 0 unspecified atom stereocenters. The standard InChI is InChI=1S/C16H19ClN4/c1-16(2,3)11-21-15(9-19)14(8-18)20-10-12-5-4-6-13(17)7-12/h4-7,20-21H,10-11H2,1-3H3/b15-14+. The topological polar surface area (TPSA) is 71.6 Å². The van der Waals surface area contributed by atoms with Crippen LogP contribution in [0.3, 0.4) is 0 Å². The number of allylic oxidation sites excluding steroid dienone is 2. The van der Waals surface area contributed by atoms with Gasteiger partial charge in [-0.15, -0.1) is 0 Å². The Hall–Kier alpha value is -2.17. The monoisotopic (exact) mass is 302 g/mol. The molecule has 4 nitrogen and oxygen atoms in total. The average molecular weight is 303 g/mol. The zero-order valence-corrected chi connectivity index (χ0v) is 13.3. The highest BCUT2D eigenvalue weighted by molar-refractivity contribution is 6.30. The van der Waals surface area contributed by atoms with Crippen LogP contribution >= 0.6 is 11.6 Å². The van der Waals surface area contributed by atoms with Gasteiger partial charge in [0.25, 0.3) is 0 Å². The Kier molecular flexibility index (Phi) is 6.09. The van der Waals surface area contributed by atoms with Crippen molar-refractivity contribution in [2.75, 3.05) is 6.54 Å². The lowest BCUT2D eigenvalue weighted by Gasteiger charge is -2.19. The Morgan fingerprint density at radius 3 is 2.29 bits per heavy atom. The van der Waals surface area contributed by atoms with Crippen LogP contribution < -0.4 is 10.6 Å². The summed E-state index contributed by atoms with van der Waals surface area (Å²) in [6.07, 6.45) is 0. The van der Waals surface area contributed by atoms with Crippen LogP contribution in [0.4, 0.5) is 0 Å². The molecule has 0 bridgehead atoms. The maximum absolute atomic E-state index is 9.20. The Morgan fingerprint density at radius 1 is 1.14 bits per heavy atom. The quantitative estimate of drug-likeness (QED) is 0.818. The summed E-state index contributed by atoms with van der Waals surface area (Å²) < 4.78 is 0. The second kappa shape index (κ2) is 7.57. The van der Waals surface area contributed by atoms with Crippen molar-refractivity contribution >= 4 is 11.6 Å². The van der Waals surface area contributed by atoms with Gasteiger partial charge in [-0.2, -0.15) is 10.5 Å². The number of benzene rings is 1. The summed E-state index contributed by atoms with van der Waals surface area (Å²) in [6.45, 7) is 7.22. The van der Waals surface area contributed by atoms with Gasteiger partial charge in [-0.05, 0) is 23.1 Å². The van der Waals surface area contributed by atoms with Gasteiger partial charge >= 0.3 is 0 Å². The summed E-state index contributed by atoms with van der Waals surface area (Å²) >= 11 is 5.91. The van der Waals surface area contributed by atoms with Gasteiger partial charge in [0.15, 0.2) is 0 Å². The van der Waals surface area contributed by atoms with Crippen molar-refractivity contribution in [2.24, 2.45) is 5.41 Å². The molecule has 0 fully saturated rings. The van der Waals surface area contributed by atoms with Crippen LogP contribution in [0.5, 0.6) is 0 Å². The lowest BCUT2D eigenvalue weighted by atomic mass is 9.97. The Bertz CT molecular complexity index is 600. The van der Waals surface area contributed by atoms with E-state index in [1.54, 1.807) is 6.07 Å². The van der Waals surface area contributed by atoms with Gasteiger partial charge in [-0.1, -0.05) is 44.5 Å². The lowest BCUT2D eigenvalue weighted by molar-refractivity contribution is 0.398. The van der Waals surface area contributed by atoms with Crippen LogP contribution in [0.1, 0.15) is 26.3 Å².